The lowest BCUT2D eigenvalue weighted by molar-refractivity contribution is 0.181. The molecule has 2 rings (SSSR count). The summed E-state index contributed by atoms with van der Waals surface area (Å²) in [5.74, 6) is 0.664. The Bertz CT molecular complexity index is 333. The van der Waals surface area contributed by atoms with Crippen molar-refractivity contribution in [3.63, 3.8) is 0 Å². The van der Waals surface area contributed by atoms with Crippen LogP contribution in [0, 0.1) is 5.92 Å². The summed E-state index contributed by atoms with van der Waals surface area (Å²) < 4.78 is 7.44. The summed E-state index contributed by atoms with van der Waals surface area (Å²) in [6.07, 6.45) is 5.24. The number of aromatic nitrogens is 3. The zero-order valence-corrected chi connectivity index (χ0v) is 10.7. The third-order valence-electron chi connectivity index (χ3n) is 3.38. The van der Waals surface area contributed by atoms with Crippen molar-refractivity contribution in [2.45, 2.75) is 38.8 Å². The SMILES string of the molecule is CCCn1nncc1C(CC1CCOC1)NC. The van der Waals surface area contributed by atoms with Gasteiger partial charge in [0.15, 0.2) is 0 Å². The fraction of sp³-hybridized carbons (Fsp3) is 0.833. The molecule has 0 radical (unpaired) electrons. The zero-order chi connectivity index (χ0) is 12.1. The summed E-state index contributed by atoms with van der Waals surface area (Å²) in [4.78, 5) is 0. The number of aryl methyl sites for hydroxylation is 1. The normalized spacial score (nSPS) is 21.9. The van der Waals surface area contributed by atoms with Gasteiger partial charge in [0.2, 0.25) is 0 Å². The average Bonchev–Trinajstić information content (AvgIpc) is 2.97. The van der Waals surface area contributed by atoms with Gasteiger partial charge in [0.25, 0.3) is 0 Å². The number of hydrogen-bond acceptors (Lipinski definition) is 4. The van der Waals surface area contributed by atoms with Gasteiger partial charge in [0.05, 0.1) is 17.9 Å². The van der Waals surface area contributed by atoms with Gasteiger partial charge in [-0.05, 0) is 32.2 Å². The Labute approximate surface area is 103 Å². The second-order valence-corrected chi connectivity index (χ2v) is 4.69. The first-order valence-electron chi connectivity index (χ1n) is 6.48. The Morgan fingerprint density at radius 3 is 3.18 bits per heavy atom. The van der Waals surface area contributed by atoms with Crippen molar-refractivity contribution in [3.8, 4) is 0 Å². The molecule has 0 bridgehead atoms. The van der Waals surface area contributed by atoms with Crippen LogP contribution in [-0.4, -0.2) is 35.3 Å². The highest BCUT2D eigenvalue weighted by Gasteiger charge is 2.23. The number of nitrogens with one attached hydrogen (secondary N) is 1. The van der Waals surface area contributed by atoms with E-state index in [9.17, 15) is 0 Å². The van der Waals surface area contributed by atoms with Gasteiger partial charge in [-0.3, -0.25) is 0 Å². The summed E-state index contributed by atoms with van der Waals surface area (Å²) in [5, 5.41) is 11.5. The lowest BCUT2D eigenvalue weighted by Crippen LogP contribution is -2.23. The average molecular weight is 238 g/mol. The molecule has 1 saturated heterocycles. The van der Waals surface area contributed by atoms with E-state index in [2.05, 4.69) is 22.6 Å². The van der Waals surface area contributed by atoms with E-state index in [0.29, 0.717) is 12.0 Å². The lowest BCUT2D eigenvalue weighted by Gasteiger charge is -2.19. The molecule has 0 amide bonds. The first-order valence-corrected chi connectivity index (χ1v) is 6.48. The number of nitrogens with zero attached hydrogens (tertiary/aromatic N) is 3. The Balaban J connectivity index is 2.02. The molecule has 1 aromatic rings. The molecule has 2 heterocycles. The quantitative estimate of drug-likeness (QED) is 0.813. The Morgan fingerprint density at radius 1 is 1.65 bits per heavy atom. The first kappa shape index (κ1) is 12.5. The van der Waals surface area contributed by atoms with Crippen molar-refractivity contribution in [2.75, 3.05) is 20.3 Å². The van der Waals surface area contributed by atoms with E-state index in [-0.39, 0.29) is 0 Å². The van der Waals surface area contributed by atoms with Crippen molar-refractivity contribution in [1.29, 1.82) is 0 Å². The molecular formula is C12H22N4O. The molecule has 0 saturated carbocycles. The third kappa shape index (κ3) is 3.04. The molecule has 0 aliphatic carbocycles. The minimum Gasteiger partial charge on any atom is -0.381 e. The summed E-state index contributed by atoms with van der Waals surface area (Å²) in [5.41, 5.74) is 1.20. The maximum atomic E-state index is 5.43. The first-order chi connectivity index (χ1) is 8.35. The van der Waals surface area contributed by atoms with E-state index in [1.54, 1.807) is 0 Å². The minimum atomic E-state index is 0.336. The summed E-state index contributed by atoms with van der Waals surface area (Å²) >= 11 is 0. The minimum absolute atomic E-state index is 0.336. The lowest BCUT2D eigenvalue weighted by atomic mass is 9.97. The van der Waals surface area contributed by atoms with Crippen LogP contribution in [0.5, 0.6) is 0 Å². The summed E-state index contributed by atoms with van der Waals surface area (Å²) in [7, 11) is 2.00. The van der Waals surface area contributed by atoms with Crippen LogP contribution in [0.3, 0.4) is 0 Å². The molecule has 0 spiro atoms. The molecule has 1 N–H and O–H groups in total. The topological polar surface area (TPSA) is 52.0 Å². The van der Waals surface area contributed by atoms with Gasteiger partial charge in [-0.2, -0.15) is 0 Å². The van der Waals surface area contributed by atoms with Gasteiger partial charge in [0, 0.05) is 19.8 Å². The van der Waals surface area contributed by atoms with Crippen LogP contribution in [-0.2, 0) is 11.3 Å². The summed E-state index contributed by atoms with van der Waals surface area (Å²) in [6, 6.07) is 0.336. The molecule has 1 aromatic heterocycles. The molecule has 17 heavy (non-hydrogen) atoms. The van der Waals surface area contributed by atoms with Crippen molar-refractivity contribution >= 4 is 0 Å². The van der Waals surface area contributed by atoms with Crippen LogP contribution in [0.25, 0.3) is 0 Å². The molecule has 1 aliphatic heterocycles. The Kier molecular flexibility index (Phi) is 4.50. The van der Waals surface area contributed by atoms with Crippen molar-refractivity contribution in [2.24, 2.45) is 5.92 Å². The number of hydrogen-bond donors (Lipinski definition) is 1. The monoisotopic (exact) mass is 238 g/mol. The van der Waals surface area contributed by atoms with Gasteiger partial charge >= 0.3 is 0 Å². The van der Waals surface area contributed by atoms with Crippen LogP contribution in [0.4, 0.5) is 0 Å². The van der Waals surface area contributed by atoms with Crippen molar-refractivity contribution in [3.05, 3.63) is 11.9 Å². The summed E-state index contributed by atoms with van der Waals surface area (Å²) in [6.45, 7) is 4.90. The Hall–Kier alpha value is -0.940. The maximum absolute atomic E-state index is 5.43. The molecule has 1 fully saturated rings. The van der Waals surface area contributed by atoms with Gasteiger partial charge < -0.3 is 10.1 Å². The molecule has 5 nitrogen and oxygen atoms in total. The van der Waals surface area contributed by atoms with E-state index in [1.165, 1.54) is 12.1 Å². The molecule has 5 heteroatoms. The standard InChI is InChI=1S/C12H22N4O/c1-3-5-16-12(8-14-15-16)11(13-2)7-10-4-6-17-9-10/h8,10-11,13H,3-7,9H2,1-2H3. The molecule has 96 valence electrons. The van der Waals surface area contributed by atoms with Crippen LogP contribution in [0.1, 0.15) is 37.9 Å². The van der Waals surface area contributed by atoms with E-state index in [0.717, 1.165) is 32.6 Å². The number of rotatable bonds is 6. The third-order valence-corrected chi connectivity index (χ3v) is 3.38. The van der Waals surface area contributed by atoms with Gasteiger partial charge in [-0.25, -0.2) is 4.68 Å². The Morgan fingerprint density at radius 2 is 2.53 bits per heavy atom. The highest BCUT2D eigenvalue weighted by atomic mass is 16.5. The number of ether oxygens (including phenoxy) is 1. The predicted molar refractivity (Wildman–Crippen MR) is 65.7 cm³/mol. The van der Waals surface area contributed by atoms with E-state index < -0.39 is 0 Å². The molecule has 1 aliphatic rings. The molecule has 0 aromatic carbocycles. The zero-order valence-electron chi connectivity index (χ0n) is 10.7. The smallest absolute Gasteiger partial charge is 0.0756 e. The second kappa shape index (κ2) is 6.12. The largest absolute Gasteiger partial charge is 0.381 e. The fourth-order valence-corrected chi connectivity index (χ4v) is 2.41. The maximum Gasteiger partial charge on any atom is 0.0756 e. The van der Waals surface area contributed by atoms with Gasteiger partial charge in [0.1, 0.15) is 0 Å². The van der Waals surface area contributed by atoms with Crippen LogP contribution < -0.4 is 5.32 Å². The van der Waals surface area contributed by atoms with Crippen LogP contribution in [0.2, 0.25) is 0 Å². The molecule has 2 unspecified atom stereocenters. The van der Waals surface area contributed by atoms with Crippen molar-refractivity contribution < 1.29 is 4.74 Å². The predicted octanol–water partition coefficient (Wildman–Crippen LogP) is 1.38. The van der Waals surface area contributed by atoms with E-state index in [1.807, 2.05) is 17.9 Å². The van der Waals surface area contributed by atoms with Gasteiger partial charge in [-0.15, -0.1) is 5.10 Å². The van der Waals surface area contributed by atoms with E-state index in [4.69, 9.17) is 4.74 Å². The highest BCUT2D eigenvalue weighted by Crippen LogP contribution is 2.25. The van der Waals surface area contributed by atoms with E-state index >= 15 is 0 Å². The fourth-order valence-electron chi connectivity index (χ4n) is 2.41. The second-order valence-electron chi connectivity index (χ2n) is 4.69. The van der Waals surface area contributed by atoms with Crippen molar-refractivity contribution in [1.82, 2.24) is 20.3 Å². The highest BCUT2D eigenvalue weighted by molar-refractivity contribution is 5.02. The molecular weight excluding hydrogens is 216 g/mol. The van der Waals surface area contributed by atoms with Gasteiger partial charge in [-0.1, -0.05) is 12.1 Å². The van der Waals surface area contributed by atoms with Crippen LogP contribution >= 0.6 is 0 Å². The van der Waals surface area contributed by atoms with Crippen LogP contribution in [0.15, 0.2) is 6.20 Å². The molecule has 2 atom stereocenters.